The van der Waals surface area contributed by atoms with Crippen LogP contribution in [0.5, 0.6) is 5.75 Å². The number of amides is 1. The molecule has 1 N–H and O–H groups in total. The largest absolute Gasteiger partial charge is 0.503 e. The summed E-state index contributed by atoms with van der Waals surface area (Å²) in [5, 5.41) is 11.8. The minimum absolute atomic E-state index is 0.0156. The molecule has 7 heteroatoms. The van der Waals surface area contributed by atoms with Gasteiger partial charge in [0.15, 0.2) is 5.76 Å². The highest BCUT2D eigenvalue weighted by atomic mass is 32.1. The molecule has 5 rings (SSSR count). The van der Waals surface area contributed by atoms with E-state index in [-0.39, 0.29) is 17.4 Å². The molecule has 0 bridgehead atoms. The summed E-state index contributed by atoms with van der Waals surface area (Å²) >= 11 is 1.29. The maximum Gasteiger partial charge on any atom is 0.290 e. The summed E-state index contributed by atoms with van der Waals surface area (Å²) in [5.41, 5.74) is 2.40. The zero-order chi connectivity index (χ0) is 24.5. The number of ketones is 1. The predicted octanol–water partition coefficient (Wildman–Crippen LogP) is 6.04. The summed E-state index contributed by atoms with van der Waals surface area (Å²) in [6.45, 7) is 4.22. The first-order valence-electron chi connectivity index (χ1n) is 12.1. The lowest BCUT2D eigenvalue weighted by Gasteiger charge is -2.32. The van der Waals surface area contributed by atoms with Crippen LogP contribution in [0.2, 0.25) is 0 Å². The number of aryl methyl sites for hydroxylation is 1. The Balaban J connectivity index is 1.59. The van der Waals surface area contributed by atoms with Crippen LogP contribution >= 0.6 is 11.3 Å². The van der Waals surface area contributed by atoms with Crippen molar-refractivity contribution in [2.24, 2.45) is 0 Å². The smallest absolute Gasteiger partial charge is 0.290 e. The highest BCUT2D eigenvalue weighted by molar-refractivity contribution is 7.17. The van der Waals surface area contributed by atoms with Gasteiger partial charge in [0.25, 0.3) is 5.91 Å². The molecule has 2 aliphatic rings. The van der Waals surface area contributed by atoms with E-state index in [1.54, 1.807) is 11.8 Å². The van der Waals surface area contributed by atoms with E-state index in [1.807, 2.05) is 61.5 Å². The standard InChI is InChI=1S/C28H28N2O4S/c1-3-34-21-15-9-12-19(16-21)23-22(25(32)28(33)30(23)20-13-7-8-14-20)24(31)26-17(2)29-27(35-26)18-10-5-4-6-11-18/h4-6,9-12,15-16,20,23,32H,3,7-8,13-14H2,1-2H3. The van der Waals surface area contributed by atoms with Crippen LogP contribution in [0, 0.1) is 6.92 Å². The number of ether oxygens (including phenoxy) is 1. The lowest BCUT2D eigenvalue weighted by Crippen LogP contribution is -2.38. The molecule has 1 saturated carbocycles. The Kier molecular flexibility index (Phi) is 6.43. The number of carbonyl (C=O) groups is 2. The van der Waals surface area contributed by atoms with Crippen molar-refractivity contribution >= 4 is 23.0 Å². The first kappa shape index (κ1) is 23.3. The molecule has 1 fully saturated rings. The molecule has 1 amide bonds. The molecule has 0 spiro atoms. The zero-order valence-corrected chi connectivity index (χ0v) is 20.7. The summed E-state index contributed by atoms with van der Waals surface area (Å²) in [5.74, 6) is -0.608. The van der Waals surface area contributed by atoms with Gasteiger partial charge in [0, 0.05) is 11.6 Å². The molecular weight excluding hydrogens is 460 g/mol. The van der Waals surface area contributed by atoms with E-state index >= 15 is 0 Å². The number of nitrogens with zero attached hydrogens (tertiary/aromatic N) is 2. The van der Waals surface area contributed by atoms with E-state index in [2.05, 4.69) is 4.98 Å². The molecule has 1 atom stereocenters. The van der Waals surface area contributed by atoms with Gasteiger partial charge in [0.2, 0.25) is 5.78 Å². The van der Waals surface area contributed by atoms with E-state index in [0.717, 1.165) is 41.8 Å². The van der Waals surface area contributed by atoms with E-state index in [0.29, 0.717) is 22.9 Å². The molecule has 1 aromatic heterocycles. The second-order valence-electron chi connectivity index (χ2n) is 8.95. The predicted molar refractivity (Wildman–Crippen MR) is 136 cm³/mol. The molecule has 0 saturated heterocycles. The van der Waals surface area contributed by atoms with E-state index in [1.165, 1.54) is 11.3 Å². The summed E-state index contributed by atoms with van der Waals surface area (Å²) in [6, 6.07) is 16.5. The number of rotatable bonds is 7. The van der Waals surface area contributed by atoms with Crippen molar-refractivity contribution in [2.45, 2.75) is 51.6 Å². The zero-order valence-electron chi connectivity index (χ0n) is 19.9. The SMILES string of the molecule is CCOc1cccc(C2C(C(=O)c3sc(-c4ccccc4)nc3C)=C(O)C(=O)N2C2CCCC2)c1. The van der Waals surface area contributed by atoms with Gasteiger partial charge in [-0.25, -0.2) is 4.98 Å². The third-order valence-corrected chi connectivity index (χ3v) is 7.92. The van der Waals surface area contributed by atoms with Gasteiger partial charge in [-0.2, -0.15) is 0 Å². The summed E-state index contributed by atoms with van der Waals surface area (Å²) < 4.78 is 5.70. The first-order chi connectivity index (χ1) is 17.0. The van der Waals surface area contributed by atoms with Gasteiger partial charge in [-0.05, 0) is 44.4 Å². The van der Waals surface area contributed by atoms with E-state index < -0.39 is 17.7 Å². The Bertz CT molecular complexity index is 1290. The van der Waals surface area contributed by atoms with Crippen LogP contribution in [0.4, 0.5) is 0 Å². The molecule has 2 heterocycles. The number of Topliss-reactive ketones (excluding diaryl/α,β-unsaturated/α-hetero) is 1. The average Bonchev–Trinajstić information content (AvgIpc) is 3.59. The molecule has 180 valence electrons. The molecule has 35 heavy (non-hydrogen) atoms. The summed E-state index contributed by atoms with van der Waals surface area (Å²) in [6.07, 6.45) is 3.77. The number of aromatic nitrogens is 1. The quantitative estimate of drug-likeness (QED) is 0.410. The van der Waals surface area contributed by atoms with Crippen molar-refractivity contribution in [3.05, 3.63) is 82.1 Å². The fraction of sp³-hybridized carbons (Fsp3) is 0.321. The Labute approximate surface area is 208 Å². The molecular formula is C28H28N2O4S. The second kappa shape index (κ2) is 9.66. The van der Waals surface area contributed by atoms with Gasteiger partial charge < -0.3 is 14.7 Å². The number of aliphatic hydroxyl groups excluding tert-OH is 1. The molecule has 1 aliphatic heterocycles. The number of hydrogen-bond donors (Lipinski definition) is 1. The summed E-state index contributed by atoms with van der Waals surface area (Å²) in [4.78, 5) is 34.1. The highest BCUT2D eigenvalue weighted by Crippen LogP contribution is 2.45. The van der Waals surface area contributed by atoms with Crippen molar-refractivity contribution < 1.29 is 19.4 Å². The molecule has 1 aliphatic carbocycles. The van der Waals surface area contributed by atoms with Crippen LogP contribution < -0.4 is 4.74 Å². The van der Waals surface area contributed by atoms with Gasteiger partial charge in [-0.3, -0.25) is 9.59 Å². The minimum atomic E-state index is -0.666. The Morgan fingerprint density at radius 3 is 2.60 bits per heavy atom. The van der Waals surface area contributed by atoms with Gasteiger partial charge in [-0.15, -0.1) is 11.3 Å². The molecule has 6 nitrogen and oxygen atoms in total. The maximum absolute atomic E-state index is 14.0. The van der Waals surface area contributed by atoms with E-state index in [4.69, 9.17) is 4.74 Å². The second-order valence-corrected chi connectivity index (χ2v) is 9.95. The van der Waals surface area contributed by atoms with Crippen molar-refractivity contribution in [1.29, 1.82) is 0 Å². The van der Waals surface area contributed by atoms with Crippen molar-refractivity contribution in [2.75, 3.05) is 6.61 Å². The average molecular weight is 489 g/mol. The van der Waals surface area contributed by atoms with Crippen molar-refractivity contribution in [1.82, 2.24) is 9.88 Å². The normalized spacial score (nSPS) is 18.5. The summed E-state index contributed by atoms with van der Waals surface area (Å²) in [7, 11) is 0. The number of benzene rings is 2. The molecule has 0 radical (unpaired) electrons. The van der Waals surface area contributed by atoms with Gasteiger partial charge in [0.05, 0.1) is 28.8 Å². The first-order valence-corrected chi connectivity index (χ1v) is 12.9. The van der Waals surface area contributed by atoms with Crippen molar-refractivity contribution in [3.8, 4) is 16.3 Å². The van der Waals surface area contributed by atoms with Crippen LogP contribution in [-0.4, -0.2) is 39.3 Å². The monoisotopic (exact) mass is 488 g/mol. The van der Waals surface area contributed by atoms with Gasteiger partial charge >= 0.3 is 0 Å². The Morgan fingerprint density at radius 1 is 1.14 bits per heavy atom. The van der Waals surface area contributed by atoms with Crippen LogP contribution in [0.1, 0.15) is 59.6 Å². The van der Waals surface area contributed by atoms with Crippen LogP contribution in [0.25, 0.3) is 10.6 Å². The fourth-order valence-electron chi connectivity index (χ4n) is 5.12. The van der Waals surface area contributed by atoms with Crippen LogP contribution in [0.3, 0.4) is 0 Å². The number of thiazole rings is 1. The van der Waals surface area contributed by atoms with Gasteiger partial charge in [-0.1, -0.05) is 55.3 Å². The number of carbonyl (C=O) groups excluding carboxylic acids is 2. The highest BCUT2D eigenvalue weighted by Gasteiger charge is 2.47. The molecule has 3 aromatic rings. The molecule has 1 unspecified atom stereocenters. The fourth-order valence-corrected chi connectivity index (χ4v) is 6.14. The van der Waals surface area contributed by atoms with E-state index in [9.17, 15) is 14.7 Å². The van der Waals surface area contributed by atoms with Crippen LogP contribution in [0.15, 0.2) is 65.9 Å². The van der Waals surface area contributed by atoms with Gasteiger partial charge in [0.1, 0.15) is 10.8 Å². The maximum atomic E-state index is 14.0. The molecule has 2 aromatic carbocycles. The topological polar surface area (TPSA) is 79.7 Å². The lowest BCUT2D eigenvalue weighted by atomic mass is 9.94. The Morgan fingerprint density at radius 2 is 1.89 bits per heavy atom. The number of aliphatic hydroxyl groups is 1. The van der Waals surface area contributed by atoms with Crippen LogP contribution in [-0.2, 0) is 4.79 Å². The number of hydrogen-bond acceptors (Lipinski definition) is 6. The third-order valence-electron chi connectivity index (χ3n) is 6.71. The lowest BCUT2D eigenvalue weighted by molar-refractivity contribution is -0.131. The Hall–Kier alpha value is -3.45. The van der Waals surface area contributed by atoms with Crippen molar-refractivity contribution in [3.63, 3.8) is 0 Å². The minimum Gasteiger partial charge on any atom is -0.503 e. The third kappa shape index (κ3) is 4.25.